The lowest BCUT2D eigenvalue weighted by Gasteiger charge is -2.21. The number of phosphoric ester groups is 1. The van der Waals surface area contributed by atoms with Gasteiger partial charge >= 0.3 is 25.7 Å². The number of rotatable bonds is 52. The molecule has 422 valence electrons. The van der Waals surface area contributed by atoms with Crippen LogP contribution in [0.15, 0.2) is 109 Å². The van der Waals surface area contributed by atoms with Gasteiger partial charge in [-0.2, -0.15) is 0 Å². The highest BCUT2D eigenvalue weighted by Crippen LogP contribution is 2.43. The molecule has 3 unspecified atom stereocenters. The number of phosphoric acid groups is 1. The van der Waals surface area contributed by atoms with Crippen molar-refractivity contribution in [1.82, 2.24) is 0 Å². The van der Waals surface area contributed by atoms with Crippen LogP contribution in [0.3, 0.4) is 0 Å². The molecule has 0 aliphatic heterocycles. The minimum Gasteiger partial charge on any atom is -0.462 e. The number of hydrogen-bond acceptors (Lipinski definition) is 10. The van der Waals surface area contributed by atoms with Gasteiger partial charge in [0.15, 0.2) is 6.10 Å². The number of unbranched alkanes of at least 4 members (excludes halogenated alkanes) is 17. The van der Waals surface area contributed by atoms with Gasteiger partial charge in [0.05, 0.1) is 19.8 Å². The summed E-state index contributed by atoms with van der Waals surface area (Å²) in [6.07, 6.45) is 66.1. The quantitative estimate of drug-likeness (QED) is 0.0197. The third-order valence-electron chi connectivity index (χ3n) is 11.6. The molecule has 0 amide bonds. The monoisotopic (exact) mass is 1050 g/mol. The average Bonchev–Trinajstić information content (AvgIpc) is 3.39. The summed E-state index contributed by atoms with van der Waals surface area (Å²) in [7, 11) is -4.77. The molecule has 0 aromatic carbocycles. The van der Waals surface area contributed by atoms with Crippen molar-refractivity contribution in [2.75, 3.05) is 26.4 Å². The number of aliphatic hydroxyl groups excluding tert-OH is 1. The molecule has 0 radical (unpaired) electrons. The summed E-state index contributed by atoms with van der Waals surface area (Å²) in [5, 5.41) is 9.80. The van der Waals surface area contributed by atoms with Crippen LogP contribution in [0.25, 0.3) is 0 Å². The number of carbonyl (C=O) groups is 3. The van der Waals surface area contributed by atoms with Crippen LogP contribution >= 0.6 is 7.82 Å². The second-order valence-electron chi connectivity index (χ2n) is 18.7. The van der Waals surface area contributed by atoms with Gasteiger partial charge in [0.25, 0.3) is 0 Å². The lowest BCUT2D eigenvalue weighted by Crippen LogP contribution is -2.30. The molecule has 0 aromatic heterocycles. The maximum atomic E-state index is 12.9. The van der Waals surface area contributed by atoms with Crippen LogP contribution in [-0.2, 0) is 42.2 Å². The van der Waals surface area contributed by atoms with Gasteiger partial charge in [0.2, 0.25) is 0 Å². The predicted molar refractivity (Wildman–Crippen MR) is 307 cm³/mol. The second-order valence-corrected chi connectivity index (χ2v) is 20.2. The van der Waals surface area contributed by atoms with Gasteiger partial charge < -0.3 is 24.2 Å². The van der Waals surface area contributed by atoms with Crippen LogP contribution < -0.4 is 0 Å². The first-order valence-corrected chi connectivity index (χ1v) is 30.3. The van der Waals surface area contributed by atoms with Crippen molar-refractivity contribution >= 4 is 25.7 Å². The molecule has 11 nitrogen and oxygen atoms in total. The Morgan fingerprint density at radius 2 is 0.730 bits per heavy atom. The lowest BCUT2D eigenvalue weighted by molar-refractivity contribution is -0.161. The fraction of sp³-hybridized carbons (Fsp3) is 0.661. The van der Waals surface area contributed by atoms with E-state index in [2.05, 4.69) is 130 Å². The smallest absolute Gasteiger partial charge is 0.462 e. The van der Waals surface area contributed by atoms with Crippen LogP contribution in [0.4, 0.5) is 0 Å². The lowest BCUT2D eigenvalue weighted by atomic mass is 10.1. The fourth-order valence-corrected chi connectivity index (χ4v) is 8.06. The van der Waals surface area contributed by atoms with Crippen LogP contribution in [0.2, 0.25) is 0 Å². The van der Waals surface area contributed by atoms with Crippen LogP contribution in [-0.4, -0.2) is 66.5 Å². The fourth-order valence-electron chi connectivity index (χ4n) is 7.27. The van der Waals surface area contributed by atoms with Crippen molar-refractivity contribution in [2.45, 2.75) is 238 Å². The topological polar surface area (TPSA) is 155 Å². The number of allylic oxidation sites excluding steroid dienone is 18. The van der Waals surface area contributed by atoms with Crippen molar-refractivity contribution in [3.63, 3.8) is 0 Å². The summed E-state index contributed by atoms with van der Waals surface area (Å²) < 4.78 is 39.5. The molecule has 0 saturated heterocycles. The van der Waals surface area contributed by atoms with E-state index in [0.717, 1.165) is 148 Å². The summed E-state index contributed by atoms with van der Waals surface area (Å²) >= 11 is 0. The Labute approximate surface area is 450 Å². The minimum atomic E-state index is -4.77. The Bertz CT molecular complexity index is 1660. The van der Waals surface area contributed by atoms with E-state index >= 15 is 0 Å². The highest BCUT2D eigenvalue weighted by molar-refractivity contribution is 7.47. The first-order valence-electron chi connectivity index (χ1n) is 28.8. The molecule has 74 heavy (non-hydrogen) atoms. The predicted octanol–water partition coefficient (Wildman–Crippen LogP) is 17.0. The highest BCUT2D eigenvalue weighted by Gasteiger charge is 2.28. The molecule has 0 spiro atoms. The molecular weight excluding hydrogens is 952 g/mol. The van der Waals surface area contributed by atoms with E-state index < -0.39 is 57.8 Å². The number of esters is 3. The molecule has 0 rings (SSSR count). The highest BCUT2D eigenvalue weighted by atomic mass is 31.2. The average molecular weight is 1060 g/mol. The summed E-state index contributed by atoms with van der Waals surface area (Å²) in [5.41, 5.74) is 0. The maximum Gasteiger partial charge on any atom is 0.472 e. The van der Waals surface area contributed by atoms with Crippen LogP contribution in [0, 0.1) is 0 Å². The minimum absolute atomic E-state index is 0.119. The van der Waals surface area contributed by atoms with Crippen molar-refractivity contribution in [3.8, 4) is 0 Å². The molecular formula is C62H103O11P. The maximum absolute atomic E-state index is 12.9. The molecule has 2 N–H and O–H groups in total. The van der Waals surface area contributed by atoms with Gasteiger partial charge in [0, 0.05) is 19.3 Å². The second kappa shape index (κ2) is 55.4. The molecule has 0 aliphatic carbocycles. The van der Waals surface area contributed by atoms with Gasteiger partial charge in [-0.05, 0) is 122 Å². The molecule has 12 heteroatoms. The summed E-state index contributed by atoms with van der Waals surface area (Å²) in [6.45, 7) is 4.36. The normalized spacial score (nSPS) is 14.2. The first kappa shape index (κ1) is 70.1. The Balaban J connectivity index is 4.84. The third kappa shape index (κ3) is 53.0. The first-order chi connectivity index (χ1) is 36.2. The summed E-state index contributed by atoms with van der Waals surface area (Å²) in [5.74, 6) is -1.54. The van der Waals surface area contributed by atoms with Gasteiger partial charge in [0.1, 0.15) is 12.7 Å². The van der Waals surface area contributed by atoms with Crippen LogP contribution in [0.1, 0.15) is 226 Å². The Kier molecular flexibility index (Phi) is 52.5. The van der Waals surface area contributed by atoms with Gasteiger partial charge in [-0.15, -0.1) is 0 Å². The van der Waals surface area contributed by atoms with E-state index in [4.69, 9.17) is 23.3 Å². The van der Waals surface area contributed by atoms with E-state index in [9.17, 15) is 28.9 Å². The number of ether oxygens (including phenoxy) is 3. The number of hydrogen-bond donors (Lipinski definition) is 2. The van der Waals surface area contributed by atoms with Gasteiger partial charge in [-0.25, -0.2) is 4.57 Å². The molecule has 0 heterocycles. The Morgan fingerprint density at radius 3 is 1.15 bits per heavy atom. The molecule has 0 aliphatic rings. The summed E-state index contributed by atoms with van der Waals surface area (Å²) in [6, 6.07) is 0. The summed E-state index contributed by atoms with van der Waals surface area (Å²) in [4.78, 5) is 48.5. The zero-order valence-electron chi connectivity index (χ0n) is 46.5. The molecule has 0 saturated carbocycles. The largest absolute Gasteiger partial charge is 0.472 e. The Morgan fingerprint density at radius 1 is 0.392 bits per heavy atom. The van der Waals surface area contributed by atoms with E-state index in [1.165, 1.54) is 19.3 Å². The number of aliphatic hydroxyl groups is 1. The van der Waals surface area contributed by atoms with Crippen molar-refractivity contribution in [1.29, 1.82) is 0 Å². The molecule has 0 fully saturated rings. The third-order valence-corrected chi connectivity index (χ3v) is 12.6. The molecule has 0 aromatic rings. The van der Waals surface area contributed by atoms with Gasteiger partial charge in [-0.3, -0.25) is 23.4 Å². The van der Waals surface area contributed by atoms with Crippen molar-refractivity contribution < 1.29 is 52.2 Å². The van der Waals surface area contributed by atoms with E-state index in [0.29, 0.717) is 19.3 Å². The molecule has 3 atom stereocenters. The zero-order valence-corrected chi connectivity index (χ0v) is 47.4. The van der Waals surface area contributed by atoms with Crippen LogP contribution in [0.5, 0.6) is 0 Å². The Hall–Kier alpha value is -3.86. The van der Waals surface area contributed by atoms with E-state index in [1.54, 1.807) is 0 Å². The van der Waals surface area contributed by atoms with E-state index in [-0.39, 0.29) is 25.9 Å². The SMILES string of the molecule is CC/C=C\C/C=C\C/C=C\C/C=C\C/C=C\CCCCCC(=O)OC(COC(=O)CCCCCCC/C=C\C/C=C\CCCCC)COP(=O)(O)OCC(CO)OC(=O)CCCCCCC/C=C\C/C=C\CCC. The standard InChI is InChI=1S/C62H103O11P/c1-4-7-10-13-16-19-22-25-27-28-29-30-32-35-38-41-44-47-50-53-62(66)73-59(55-69-60(64)51-48-45-42-39-36-34-31-26-23-20-17-14-11-8-5-2)57-71-74(67,68)70-56-58(54-63)72-61(65)52-49-46-43-40-37-33-24-21-18-15-12-9-6-3/h7,10,12,15-17,19-21,24-27,29-31,35,38,58-59,63H,4-6,8-9,11,13-14,18,22-23,28,32-34,36-37,39-57H2,1-3H3,(H,67,68)/b10-7-,15-12-,19-16-,20-17-,24-21-,27-25-,30-29-,31-26-,38-35-. The van der Waals surface area contributed by atoms with Gasteiger partial charge in [-0.1, -0.05) is 194 Å². The molecule has 0 bridgehead atoms. The number of carbonyl (C=O) groups excluding carboxylic acids is 3. The van der Waals surface area contributed by atoms with Crippen molar-refractivity contribution in [2.24, 2.45) is 0 Å². The van der Waals surface area contributed by atoms with E-state index in [1.807, 2.05) is 0 Å². The zero-order chi connectivity index (χ0) is 54.1. The van der Waals surface area contributed by atoms with Crippen molar-refractivity contribution in [3.05, 3.63) is 109 Å².